The Morgan fingerprint density at radius 1 is 1.22 bits per heavy atom. The SMILES string of the molecule is COc1cc(CCC(=O)NC2CCCNC2)cc(OC)c1OC. The Bertz CT molecular complexity index is 502. The standard InChI is InChI=1S/C17H26N2O4/c1-21-14-9-12(10-15(22-2)17(14)23-3)6-7-16(20)19-13-5-4-8-18-11-13/h9-10,13,18H,4-8,11H2,1-3H3,(H,19,20). The van der Waals surface area contributed by atoms with Crippen LogP contribution in [0.25, 0.3) is 0 Å². The van der Waals surface area contributed by atoms with E-state index in [1.165, 1.54) is 0 Å². The van der Waals surface area contributed by atoms with Gasteiger partial charge in [-0.15, -0.1) is 0 Å². The first-order valence-electron chi connectivity index (χ1n) is 7.97. The molecule has 1 aromatic carbocycles. The molecular formula is C17H26N2O4. The Labute approximate surface area is 137 Å². The smallest absolute Gasteiger partial charge is 0.220 e. The van der Waals surface area contributed by atoms with Crippen LogP contribution in [-0.2, 0) is 11.2 Å². The highest BCUT2D eigenvalue weighted by Crippen LogP contribution is 2.38. The van der Waals surface area contributed by atoms with Crippen molar-refractivity contribution in [2.24, 2.45) is 0 Å². The molecule has 1 atom stereocenters. The first kappa shape index (κ1) is 17.4. The molecule has 2 rings (SSSR count). The number of carbonyl (C=O) groups excluding carboxylic acids is 1. The molecule has 1 aromatic rings. The highest BCUT2D eigenvalue weighted by atomic mass is 16.5. The van der Waals surface area contributed by atoms with Gasteiger partial charge in [0.05, 0.1) is 21.3 Å². The molecule has 0 bridgehead atoms. The molecule has 1 fully saturated rings. The summed E-state index contributed by atoms with van der Waals surface area (Å²) in [6, 6.07) is 4.02. The van der Waals surface area contributed by atoms with Gasteiger partial charge in [0.15, 0.2) is 11.5 Å². The number of nitrogens with one attached hydrogen (secondary N) is 2. The predicted molar refractivity (Wildman–Crippen MR) is 88.5 cm³/mol. The van der Waals surface area contributed by atoms with Crippen LogP contribution in [0.4, 0.5) is 0 Å². The van der Waals surface area contributed by atoms with Gasteiger partial charge >= 0.3 is 0 Å². The maximum Gasteiger partial charge on any atom is 0.220 e. The van der Waals surface area contributed by atoms with Gasteiger partial charge in [-0.25, -0.2) is 0 Å². The number of carbonyl (C=O) groups is 1. The number of rotatable bonds is 7. The molecule has 1 saturated heterocycles. The van der Waals surface area contributed by atoms with Crippen molar-refractivity contribution in [1.82, 2.24) is 10.6 Å². The van der Waals surface area contributed by atoms with E-state index in [-0.39, 0.29) is 11.9 Å². The van der Waals surface area contributed by atoms with E-state index in [2.05, 4.69) is 10.6 Å². The van der Waals surface area contributed by atoms with Gasteiger partial charge < -0.3 is 24.8 Å². The molecule has 1 aliphatic rings. The number of methoxy groups -OCH3 is 3. The minimum atomic E-state index is 0.0763. The van der Waals surface area contributed by atoms with Gasteiger partial charge in [0.2, 0.25) is 11.7 Å². The van der Waals surface area contributed by atoms with Gasteiger partial charge in [-0.05, 0) is 43.5 Å². The van der Waals surface area contributed by atoms with Crippen LogP contribution in [0.5, 0.6) is 17.2 Å². The second kappa shape index (κ2) is 8.62. The molecule has 1 unspecified atom stereocenters. The van der Waals surface area contributed by atoms with Gasteiger partial charge in [0.1, 0.15) is 0 Å². The van der Waals surface area contributed by atoms with Crippen LogP contribution >= 0.6 is 0 Å². The minimum Gasteiger partial charge on any atom is -0.493 e. The monoisotopic (exact) mass is 322 g/mol. The van der Waals surface area contributed by atoms with E-state index in [1.54, 1.807) is 21.3 Å². The van der Waals surface area contributed by atoms with Crippen molar-refractivity contribution < 1.29 is 19.0 Å². The van der Waals surface area contributed by atoms with Crippen LogP contribution in [0.1, 0.15) is 24.8 Å². The summed E-state index contributed by atoms with van der Waals surface area (Å²) in [4.78, 5) is 12.1. The lowest BCUT2D eigenvalue weighted by Crippen LogP contribution is -2.45. The number of amides is 1. The van der Waals surface area contributed by atoms with E-state index in [9.17, 15) is 4.79 Å². The van der Waals surface area contributed by atoms with Gasteiger partial charge in [0, 0.05) is 19.0 Å². The van der Waals surface area contributed by atoms with Crippen LogP contribution in [-0.4, -0.2) is 46.4 Å². The Morgan fingerprint density at radius 2 is 1.91 bits per heavy atom. The van der Waals surface area contributed by atoms with Crippen molar-refractivity contribution in [2.75, 3.05) is 34.4 Å². The summed E-state index contributed by atoms with van der Waals surface area (Å²) in [7, 11) is 4.75. The highest BCUT2D eigenvalue weighted by molar-refractivity contribution is 5.76. The first-order valence-corrected chi connectivity index (χ1v) is 7.97. The van der Waals surface area contributed by atoms with Gasteiger partial charge in [0.25, 0.3) is 0 Å². The molecule has 128 valence electrons. The summed E-state index contributed by atoms with van der Waals surface area (Å²) in [5.41, 5.74) is 0.983. The fourth-order valence-corrected chi connectivity index (χ4v) is 2.81. The highest BCUT2D eigenvalue weighted by Gasteiger charge is 2.16. The number of hydrogen-bond acceptors (Lipinski definition) is 5. The first-order chi connectivity index (χ1) is 11.2. The predicted octanol–water partition coefficient (Wildman–Crippen LogP) is 1.51. The summed E-state index contributed by atoms with van der Waals surface area (Å²) < 4.78 is 16.0. The molecule has 6 nitrogen and oxygen atoms in total. The summed E-state index contributed by atoms with van der Waals surface area (Å²) >= 11 is 0. The average Bonchev–Trinajstić information content (AvgIpc) is 2.59. The number of benzene rings is 1. The fourth-order valence-electron chi connectivity index (χ4n) is 2.81. The Hall–Kier alpha value is -1.95. The van der Waals surface area contributed by atoms with Crippen molar-refractivity contribution in [3.8, 4) is 17.2 Å². The van der Waals surface area contributed by atoms with Crippen LogP contribution in [0, 0.1) is 0 Å². The summed E-state index contributed by atoms with van der Waals surface area (Å²) in [5.74, 6) is 1.86. The zero-order valence-electron chi connectivity index (χ0n) is 14.1. The van der Waals surface area contributed by atoms with Crippen molar-refractivity contribution in [3.05, 3.63) is 17.7 Å². The molecule has 23 heavy (non-hydrogen) atoms. The average molecular weight is 322 g/mol. The molecule has 0 radical (unpaired) electrons. The molecule has 6 heteroatoms. The topological polar surface area (TPSA) is 68.8 Å². The Morgan fingerprint density at radius 3 is 2.43 bits per heavy atom. The molecule has 0 aliphatic carbocycles. The molecule has 0 saturated carbocycles. The summed E-state index contributed by atoms with van der Waals surface area (Å²) in [5, 5.41) is 6.38. The van der Waals surface area contributed by atoms with Gasteiger partial charge in [-0.3, -0.25) is 4.79 Å². The Kier molecular flexibility index (Phi) is 6.52. The van der Waals surface area contributed by atoms with Crippen molar-refractivity contribution in [1.29, 1.82) is 0 Å². The van der Waals surface area contributed by atoms with Crippen molar-refractivity contribution in [2.45, 2.75) is 31.7 Å². The molecule has 1 amide bonds. The minimum absolute atomic E-state index is 0.0763. The van der Waals surface area contributed by atoms with E-state index in [4.69, 9.17) is 14.2 Å². The van der Waals surface area contributed by atoms with Crippen LogP contribution in [0.15, 0.2) is 12.1 Å². The quantitative estimate of drug-likeness (QED) is 0.796. The number of ether oxygens (including phenoxy) is 3. The normalized spacial score (nSPS) is 17.4. The maximum atomic E-state index is 12.1. The van der Waals surface area contributed by atoms with E-state index in [1.807, 2.05) is 12.1 Å². The number of hydrogen-bond donors (Lipinski definition) is 2. The molecule has 1 heterocycles. The van der Waals surface area contributed by atoms with E-state index < -0.39 is 0 Å². The second-order valence-corrected chi connectivity index (χ2v) is 5.64. The third-order valence-electron chi connectivity index (χ3n) is 4.03. The largest absolute Gasteiger partial charge is 0.493 e. The lowest BCUT2D eigenvalue weighted by Gasteiger charge is -2.23. The molecule has 0 aromatic heterocycles. The van der Waals surface area contributed by atoms with Gasteiger partial charge in [-0.1, -0.05) is 0 Å². The van der Waals surface area contributed by atoms with Gasteiger partial charge in [-0.2, -0.15) is 0 Å². The molecular weight excluding hydrogens is 296 g/mol. The molecule has 2 N–H and O–H groups in total. The van der Waals surface area contributed by atoms with Crippen molar-refractivity contribution >= 4 is 5.91 Å². The number of piperidine rings is 1. The zero-order valence-corrected chi connectivity index (χ0v) is 14.1. The lowest BCUT2D eigenvalue weighted by atomic mass is 10.1. The van der Waals surface area contributed by atoms with Crippen molar-refractivity contribution in [3.63, 3.8) is 0 Å². The lowest BCUT2D eigenvalue weighted by molar-refractivity contribution is -0.121. The van der Waals surface area contributed by atoms with E-state index in [0.29, 0.717) is 30.1 Å². The molecule has 1 aliphatic heterocycles. The number of aryl methyl sites for hydroxylation is 1. The second-order valence-electron chi connectivity index (χ2n) is 5.64. The van der Waals surface area contributed by atoms with Crippen LogP contribution in [0.3, 0.4) is 0 Å². The van der Waals surface area contributed by atoms with Crippen LogP contribution in [0.2, 0.25) is 0 Å². The summed E-state index contributed by atoms with van der Waals surface area (Å²) in [6.07, 6.45) is 3.22. The third kappa shape index (κ3) is 4.76. The Balaban J connectivity index is 1.95. The van der Waals surface area contributed by atoms with Crippen LogP contribution < -0.4 is 24.8 Å². The third-order valence-corrected chi connectivity index (χ3v) is 4.03. The maximum absolute atomic E-state index is 12.1. The van der Waals surface area contributed by atoms with E-state index >= 15 is 0 Å². The zero-order chi connectivity index (χ0) is 16.7. The van der Waals surface area contributed by atoms with E-state index in [0.717, 1.165) is 31.5 Å². The summed E-state index contributed by atoms with van der Waals surface area (Å²) in [6.45, 7) is 1.90. The molecule has 0 spiro atoms. The fraction of sp³-hybridized carbons (Fsp3) is 0.588.